The van der Waals surface area contributed by atoms with Gasteiger partial charge in [-0.05, 0) is 17.7 Å². The van der Waals surface area contributed by atoms with Gasteiger partial charge in [0.25, 0.3) is 0 Å². The molecular weight excluding hydrogens is 376 g/mol. The van der Waals surface area contributed by atoms with Crippen molar-refractivity contribution >= 4 is 33.6 Å². The third kappa shape index (κ3) is 3.70. The molecule has 0 saturated heterocycles. The Morgan fingerprint density at radius 2 is 1.85 bits per heavy atom. The molecule has 2 aromatic carbocycles. The Kier molecular flexibility index (Phi) is 5.52. The van der Waals surface area contributed by atoms with Gasteiger partial charge in [-0.25, -0.2) is 9.10 Å². The highest BCUT2D eigenvalue weighted by Crippen LogP contribution is 2.39. The number of esters is 1. The van der Waals surface area contributed by atoms with Crippen LogP contribution in [0.25, 0.3) is 0 Å². The number of aliphatic hydroxyl groups excluding tert-OH is 1. The van der Waals surface area contributed by atoms with E-state index < -0.39 is 28.3 Å². The van der Waals surface area contributed by atoms with Crippen molar-refractivity contribution in [3.8, 4) is 0 Å². The van der Waals surface area contributed by atoms with Crippen molar-refractivity contribution in [3.05, 3.63) is 60.2 Å². The number of hydrogen-bond acceptors (Lipinski definition) is 6. The van der Waals surface area contributed by atoms with Gasteiger partial charge >= 0.3 is 16.2 Å². The maximum Gasteiger partial charge on any atom is 0.336 e. The summed E-state index contributed by atoms with van der Waals surface area (Å²) in [4.78, 5) is 12.7. The first-order chi connectivity index (χ1) is 12.4. The van der Waals surface area contributed by atoms with Gasteiger partial charge in [-0.15, -0.1) is 11.8 Å². The van der Waals surface area contributed by atoms with Crippen LogP contribution in [0.1, 0.15) is 11.6 Å². The van der Waals surface area contributed by atoms with E-state index in [0.717, 1.165) is 12.0 Å². The largest absolute Gasteiger partial charge is 0.467 e. The molecule has 0 bridgehead atoms. The molecule has 3 rings (SSSR count). The van der Waals surface area contributed by atoms with Gasteiger partial charge in [-0.2, -0.15) is 13.1 Å². The van der Waals surface area contributed by atoms with E-state index in [1.54, 1.807) is 42.5 Å². The summed E-state index contributed by atoms with van der Waals surface area (Å²) in [5, 5.41) is 10.3. The number of thioether (sulfide) groups is 1. The van der Waals surface area contributed by atoms with Gasteiger partial charge in [-0.1, -0.05) is 42.5 Å². The van der Waals surface area contributed by atoms with Crippen LogP contribution in [0.15, 0.2) is 59.5 Å². The lowest BCUT2D eigenvalue weighted by Crippen LogP contribution is -2.46. The first-order valence-electron chi connectivity index (χ1n) is 7.76. The number of para-hydroxylation sites is 1. The van der Waals surface area contributed by atoms with Crippen LogP contribution in [0.5, 0.6) is 0 Å². The zero-order chi connectivity index (χ0) is 18.7. The second kappa shape index (κ2) is 7.67. The molecule has 0 saturated carbocycles. The number of aliphatic hydroxyl groups is 1. The zero-order valence-electron chi connectivity index (χ0n) is 13.9. The Labute approximate surface area is 156 Å². The number of carbonyl (C=O) groups is 1. The Hall–Kier alpha value is -2.07. The fraction of sp³-hybridized carbons (Fsp3) is 0.235. The summed E-state index contributed by atoms with van der Waals surface area (Å²) in [6.07, 6.45) is -1.68. The molecule has 0 amide bonds. The maximum absolute atomic E-state index is 12.9. The number of nitrogens with one attached hydrogen (secondary N) is 1. The van der Waals surface area contributed by atoms with Gasteiger partial charge in [-0.3, -0.25) is 0 Å². The van der Waals surface area contributed by atoms with Crippen molar-refractivity contribution in [2.45, 2.75) is 17.0 Å². The first kappa shape index (κ1) is 18.7. The number of ether oxygens (including phenoxy) is 1. The number of benzene rings is 2. The maximum atomic E-state index is 12.9. The van der Waals surface area contributed by atoms with Gasteiger partial charge in [0.1, 0.15) is 0 Å². The third-order valence-corrected chi connectivity index (χ3v) is 6.62. The van der Waals surface area contributed by atoms with E-state index in [-0.39, 0.29) is 5.88 Å². The number of fused-ring (bicyclic) bond motifs is 1. The van der Waals surface area contributed by atoms with Gasteiger partial charge in [0, 0.05) is 4.90 Å². The highest BCUT2D eigenvalue weighted by molar-refractivity contribution is 8.01. The van der Waals surface area contributed by atoms with Gasteiger partial charge in [0.05, 0.1) is 24.7 Å². The van der Waals surface area contributed by atoms with E-state index in [2.05, 4.69) is 9.46 Å². The van der Waals surface area contributed by atoms with Gasteiger partial charge in [0.15, 0.2) is 6.10 Å². The predicted molar refractivity (Wildman–Crippen MR) is 98.9 cm³/mol. The molecule has 1 heterocycles. The Morgan fingerprint density at radius 3 is 2.54 bits per heavy atom. The number of carbonyl (C=O) groups excluding carboxylic acids is 1. The summed E-state index contributed by atoms with van der Waals surface area (Å²) < 4.78 is 34.1. The highest BCUT2D eigenvalue weighted by atomic mass is 32.2. The number of rotatable bonds is 6. The van der Waals surface area contributed by atoms with E-state index in [1.807, 2.05) is 12.1 Å². The molecule has 138 valence electrons. The summed E-state index contributed by atoms with van der Waals surface area (Å²) >= 11 is 1.40. The smallest absolute Gasteiger partial charge is 0.336 e. The molecule has 7 nitrogen and oxygen atoms in total. The van der Waals surface area contributed by atoms with Crippen LogP contribution >= 0.6 is 11.8 Å². The van der Waals surface area contributed by atoms with E-state index in [1.165, 1.54) is 16.1 Å². The monoisotopic (exact) mass is 394 g/mol. The second-order valence-corrected chi connectivity index (χ2v) is 8.18. The van der Waals surface area contributed by atoms with Crippen LogP contribution in [-0.4, -0.2) is 38.6 Å². The molecule has 2 atom stereocenters. The molecule has 0 radical (unpaired) electrons. The SMILES string of the molecule is COC(=O)[C@H](O)[C@@H](NS(=O)(=O)N1CSc2ccccc21)c1ccccc1. The van der Waals surface area contributed by atoms with Crippen molar-refractivity contribution < 1.29 is 23.1 Å². The van der Waals surface area contributed by atoms with Crippen LogP contribution in [0.2, 0.25) is 0 Å². The summed E-state index contributed by atoms with van der Waals surface area (Å²) in [7, 11) is -2.88. The van der Waals surface area contributed by atoms with Crippen LogP contribution in [0.3, 0.4) is 0 Å². The Balaban J connectivity index is 1.92. The number of hydrogen-bond donors (Lipinski definition) is 2. The predicted octanol–water partition coefficient (Wildman–Crippen LogP) is 1.67. The van der Waals surface area contributed by atoms with Crippen molar-refractivity contribution in [2.75, 3.05) is 17.3 Å². The lowest BCUT2D eigenvalue weighted by Gasteiger charge is -2.26. The van der Waals surface area contributed by atoms with Crippen molar-refractivity contribution in [3.63, 3.8) is 0 Å². The average molecular weight is 394 g/mol. The van der Waals surface area contributed by atoms with Crippen LogP contribution in [0, 0.1) is 0 Å². The van der Waals surface area contributed by atoms with E-state index in [4.69, 9.17) is 0 Å². The second-order valence-electron chi connectivity index (χ2n) is 5.57. The molecule has 0 fully saturated rings. The van der Waals surface area contributed by atoms with Crippen LogP contribution in [0.4, 0.5) is 5.69 Å². The molecule has 2 N–H and O–H groups in total. The molecule has 0 unspecified atom stereocenters. The molecule has 1 aliphatic heterocycles. The minimum atomic E-state index is -4.01. The highest BCUT2D eigenvalue weighted by Gasteiger charge is 2.36. The summed E-state index contributed by atoms with van der Waals surface area (Å²) in [5.41, 5.74) is 1.01. The third-order valence-electron chi connectivity index (χ3n) is 3.95. The molecule has 1 aliphatic rings. The van der Waals surface area contributed by atoms with E-state index >= 15 is 0 Å². The standard InChI is InChI=1S/C17H18N2O5S2/c1-24-17(21)16(20)15(12-7-3-2-4-8-12)18-26(22,23)19-11-25-14-10-6-5-9-13(14)19/h2-10,15-16,18,20H,11H2,1H3/t15-,16+/m0/s1. The first-order valence-corrected chi connectivity index (χ1v) is 10.2. The van der Waals surface area contributed by atoms with Gasteiger partial charge < -0.3 is 9.84 Å². The molecule has 0 aliphatic carbocycles. The van der Waals surface area contributed by atoms with Crippen LogP contribution in [-0.2, 0) is 19.7 Å². The van der Waals surface area contributed by atoms with E-state index in [0.29, 0.717) is 11.3 Å². The molecule has 2 aromatic rings. The summed E-state index contributed by atoms with van der Waals surface area (Å²) in [6.45, 7) is 0. The Bertz CT molecular complexity index is 889. The summed E-state index contributed by atoms with van der Waals surface area (Å²) in [6, 6.07) is 14.4. The van der Waals surface area contributed by atoms with Crippen molar-refractivity contribution in [1.29, 1.82) is 0 Å². The minimum Gasteiger partial charge on any atom is -0.467 e. The lowest BCUT2D eigenvalue weighted by atomic mass is 10.0. The molecule has 0 aromatic heterocycles. The quantitative estimate of drug-likeness (QED) is 0.724. The van der Waals surface area contributed by atoms with Gasteiger partial charge in [0.2, 0.25) is 0 Å². The Morgan fingerprint density at radius 1 is 1.19 bits per heavy atom. The van der Waals surface area contributed by atoms with Crippen molar-refractivity contribution in [2.24, 2.45) is 0 Å². The fourth-order valence-corrected chi connectivity index (χ4v) is 5.44. The summed E-state index contributed by atoms with van der Waals surface area (Å²) in [5.74, 6) is -0.706. The normalized spacial score (nSPS) is 16.0. The number of anilines is 1. The fourth-order valence-electron chi connectivity index (χ4n) is 2.64. The minimum absolute atomic E-state index is 0.213. The molecule has 9 heteroatoms. The number of nitrogens with zero attached hydrogens (tertiary/aromatic N) is 1. The van der Waals surface area contributed by atoms with Crippen molar-refractivity contribution in [1.82, 2.24) is 4.72 Å². The lowest BCUT2D eigenvalue weighted by molar-refractivity contribution is -0.151. The topological polar surface area (TPSA) is 95.9 Å². The van der Waals surface area contributed by atoms with Crippen LogP contribution < -0.4 is 9.03 Å². The molecular formula is C17H18N2O5S2. The molecule has 0 spiro atoms. The number of methoxy groups -OCH3 is 1. The zero-order valence-corrected chi connectivity index (χ0v) is 15.5. The average Bonchev–Trinajstić information content (AvgIpc) is 3.11. The molecule has 26 heavy (non-hydrogen) atoms. The van der Waals surface area contributed by atoms with E-state index in [9.17, 15) is 18.3 Å².